The first-order valence-electron chi connectivity index (χ1n) is 6.63. The van der Waals surface area contributed by atoms with E-state index < -0.39 is 0 Å². The topological polar surface area (TPSA) is 20.3 Å². The van der Waals surface area contributed by atoms with Gasteiger partial charge < -0.3 is 4.90 Å². The van der Waals surface area contributed by atoms with E-state index in [2.05, 4.69) is 30.9 Å². The van der Waals surface area contributed by atoms with Crippen LogP contribution in [-0.2, 0) is 4.79 Å². The number of carbonyl (C=O) groups is 1. The summed E-state index contributed by atoms with van der Waals surface area (Å²) in [6.45, 7) is 5.33. The highest BCUT2D eigenvalue weighted by atomic mass is 16.2. The fourth-order valence-corrected chi connectivity index (χ4v) is 2.44. The minimum absolute atomic E-state index is 0.382. The summed E-state index contributed by atoms with van der Waals surface area (Å²) in [6, 6.07) is 0.570. The molecule has 1 saturated carbocycles. The molecule has 0 aromatic carbocycles. The molecule has 0 radical (unpaired) electrons. The summed E-state index contributed by atoms with van der Waals surface area (Å²) in [7, 11) is 0. The molecule has 0 aromatic heterocycles. The summed E-state index contributed by atoms with van der Waals surface area (Å²) in [5, 5.41) is 0. The van der Waals surface area contributed by atoms with Crippen molar-refractivity contribution >= 4 is 5.91 Å². The lowest BCUT2D eigenvalue weighted by molar-refractivity contribution is -0.133. The van der Waals surface area contributed by atoms with Gasteiger partial charge >= 0.3 is 0 Å². The van der Waals surface area contributed by atoms with Crippen molar-refractivity contribution in [2.24, 2.45) is 11.8 Å². The van der Waals surface area contributed by atoms with Gasteiger partial charge in [0.25, 0.3) is 0 Å². The molecule has 2 aliphatic rings. The van der Waals surface area contributed by atoms with Crippen LogP contribution in [0.15, 0.2) is 12.2 Å². The number of hydrogen-bond donors (Lipinski definition) is 0. The van der Waals surface area contributed by atoms with Crippen molar-refractivity contribution in [2.75, 3.05) is 6.54 Å². The van der Waals surface area contributed by atoms with E-state index in [1.165, 1.54) is 19.3 Å². The average molecular weight is 221 g/mol. The van der Waals surface area contributed by atoms with E-state index >= 15 is 0 Å². The number of amides is 1. The molecule has 16 heavy (non-hydrogen) atoms. The van der Waals surface area contributed by atoms with Gasteiger partial charge in [-0.2, -0.15) is 0 Å². The third-order valence-corrected chi connectivity index (χ3v) is 3.42. The van der Waals surface area contributed by atoms with Crippen LogP contribution in [-0.4, -0.2) is 23.4 Å². The van der Waals surface area contributed by atoms with Crippen molar-refractivity contribution in [3.63, 3.8) is 0 Å². The van der Waals surface area contributed by atoms with Crippen LogP contribution in [0.25, 0.3) is 0 Å². The molecule has 0 N–H and O–H groups in total. The minimum atomic E-state index is 0.382. The first kappa shape index (κ1) is 11.7. The highest BCUT2D eigenvalue weighted by Gasteiger charge is 2.33. The van der Waals surface area contributed by atoms with Gasteiger partial charge in [-0.25, -0.2) is 0 Å². The Hall–Kier alpha value is -0.790. The summed E-state index contributed by atoms with van der Waals surface area (Å²) >= 11 is 0. The van der Waals surface area contributed by atoms with E-state index in [4.69, 9.17) is 0 Å². The molecule has 2 rings (SSSR count). The second-order valence-electron chi connectivity index (χ2n) is 5.64. The lowest BCUT2D eigenvalue weighted by Crippen LogP contribution is -2.36. The first-order valence-corrected chi connectivity index (χ1v) is 6.63. The van der Waals surface area contributed by atoms with E-state index in [0.717, 1.165) is 19.4 Å². The quantitative estimate of drug-likeness (QED) is 0.654. The SMILES string of the molecule is CC(C)CN(C(=O)CC1C=CCC1)C1CC1. The average Bonchev–Trinajstić information content (AvgIpc) is 2.94. The van der Waals surface area contributed by atoms with Crippen LogP contribution in [0.4, 0.5) is 0 Å². The van der Waals surface area contributed by atoms with Crippen LogP contribution in [0, 0.1) is 11.8 Å². The smallest absolute Gasteiger partial charge is 0.223 e. The van der Waals surface area contributed by atoms with Gasteiger partial charge in [-0.3, -0.25) is 4.79 Å². The Morgan fingerprint density at radius 2 is 2.12 bits per heavy atom. The molecule has 0 heterocycles. The summed E-state index contributed by atoms with van der Waals surface area (Å²) in [4.78, 5) is 14.3. The number of nitrogens with zero attached hydrogens (tertiary/aromatic N) is 1. The minimum Gasteiger partial charge on any atom is -0.339 e. The summed E-state index contributed by atoms with van der Waals surface area (Å²) in [5.74, 6) is 1.48. The van der Waals surface area contributed by atoms with Crippen LogP contribution in [0.1, 0.15) is 46.0 Å². The Morgan fingerprint density at radius 1 is 1.38 bits per heavy atom. The second kappa shape index (κ2) is 5.03. The number of rotatable bonds is 5. The fourth-order valence-electron chi connectivity index (χ4n) is 2.44. The molecule has 0 aromatic rings. The van der Waals surface area contributed by atoms with Gasteiger partial charge in [0.15, 0.2) is 0 Å². The first-order chi connectivity index (χ1) is 7.66. The maximum absolute atomic E-state index is 12.2. The van der Waals surface area contributed by atoms with Crippen LogP contribution in [0.3, 0.4) is 0 Å². The van der Waals surface area contributed by atoms with Gasteiger partial charge in [-0.15, -0.1) is 0 Å². The summed E-state index contributed by atoms with van der Waals surface area (Å²) in [5.41, 5.74) is 0. The summed E-state index contributed by atoms with van der Waals surface area (Å²) < 4.78 is 0. The van der Waals surface area contributed by atoms with E-state index in [-0.39, 0.29) is 0 Å². The highest BCUT2D eigenvalue weighted by molar-refractivity contribution is 5.77. The van der Waals surface area contributed by atoms with Gasteiger partial charge in [-0.1, -0.05) is 26.0 Å². The van der Waals surface area contributed by atoms with Crippen molar-refractivity contribution in [2.45, 2.75) is 52.0 Å². The van der Waals surface area contributed by atoms with Crippen molar-refractivity contribution in [3.05, 3.63) is 12.2 Å². The maximum Gasteiger partial charge on any atom is 0.223 e. The van der Waals surface area contributed by atoms with Crippen LogP contribution >= 0.6 is 0 Å². The zero-order valence-electron chi connectivity index (χ0n) is 10.5. The normalized spacial score (nSPS) is 24.1. The monoisotopic (exact) mass is 221 g/mol. The van der Waals surface area contributed by atoms with Gasteiger partial charge in [-0.05, 0) is 37.5 Å². The molecule has 0 aliphatic heterocycles. The summed E-state index contributed by atoms with van der Waals surface area (Å²) in [6.07, 6.45) is 9.94. The van der Waals surface area contributed by atoms with Crippen LogP contribution < -0.4 is 0 Å². The Kier molecular flexibility index (Phi) is 3.67. The van der Waals surface area contributed by atoms with Crippen molar-refractivity contribution in [1.29, 1.82) is 0 Å². The predicted octanol–water partition coefficient (Wildman–Crippen LogP) is 2.99. The van der Waals surface area contributed by atoms with E-state index in [9.17, 15) is 4.79 Å². The predicted molar refractivity (Wildman–Crippen MR) is 66.1 cm³/mol. The Bertz CT molecular complexity index is 278. The molecule has 90 valence electrons. The Labute approximate surface area is 98.7 Å². The van der Waals surface area contributed by atoms with Gasteiger partial charge in [0, 0.05) is 19.0 Å². The number of allylic oxidation sites excluding steroid dienone is 2. The third-order valence-electron chi connectivity index (χ3n) is 3.42. The molecule has 1 unspecified atom stereocenters. The van der Waals surface area contributed by atoms with Gasteiger partial charge in [0.1, 0.15) is 0 Å². The van der Waals surface area contributed by atoms with Crippen LogP contribution in [0.5, 0.6) is 0 Å². The lowest BCUT2D eigenvalue weighted by atomic mass is 10.0. The molecular formula is C14H23NO. The molecule has 1 amide bonds. The molecule has 2 nitrogen and oxygen atoms in total. The zero-order chi connectivity index (χ0) is 11.5. The van der Waals surface area contributed by atoms with Crippen LogP contribution in [0.2, 0.25) is 0 Å². The molecule has 0 spiro atoms. The van der Waals surface area contributed by atoms with Crippen molar-refractivity contribution in [1.82, 2.24) is 4.90 Å². The molecular weight excluding hydrogens is 198 g/mol. The lowest BCUT2D eigenvalue weighted by Gasteiger charge is -2.25. The fraction of sp³-hybridized carbons (Fsp3) is 0.786. The number of hydrogen-bond acceptors (Lipinski definition) is 1. The van der Waals surface area contributed by atoms with E-state index in [1.54, 1.807) is 0 Å². The zero-order valence-corrected chi connectivity index (χ0v) is 10.5. The molecule has 1 fully saturated rings. The molecule has 0 bridgehead atoms. The Balaban J connectivity index is 1.86. The highest BCUT2D eigenvalue weighted by Crippen LogP contribution is 2.30. The molecule has 0 saturated heterocycles. The number of carbonyl (C=O) groups excluding carboxylic acids is 1. The van der Waals surface area contributed by atoms with Crippen molar-refractivity contribution in [3.8, 4) is 0 Å². The van der Waals surface area contributed by atoms with E-state index in [1.807, 2.05) is 0 Å². The third kappa shape index (κ3) is 3.10. The maximum atomic E-state index is 12.2. The second-order valence-corrected chi connectivity index (χ2v) is 5.64. The molecule has 1 atom stereocenters. The molecule has 2 heteroatoms. The van der Waals surface area contributed by atoms with Crippen molar-refractivity contribution < 1.29 is 4.79 Å². The molecule has 2 aliphatic carbocycles. The largest absolute Gasteiger partial charge is 0.339 e. The van der Waals surface area contributed by atoms with E-state index in [0.29, 0.717) is 23.8 Å². The van der Waals surface area contributed by atoms with Gasteiger partial charge in [0.2, 0.25) is 5.91 Å². The Morgan fingerprint density at radius 3 is 2.62 bits per heavy atom. The van der Waals surface area contributed by atoms with Gasteiger partial charge in [0.05, 0.1) is 0 Å². The standard InChI is InChI=1S/C14H23NO/c1-11(2)10-15(13-7-8-13)14(16)9-12-5-3-4-6-12/h3,5,11-13H,4,6-10H2,1-2H3.